The molecule has 0 aliphatic carbocycles. The van der Waals surface area contributed by atoms with Gasteiger partial charge in [0.2, 0.25) is 0 Å². The molecule has 4 rings (SSSR count). The van der Waals surface area contributed by atoms with E-state index in [1.807, 2.05) is 12.1 Å². The highest BCUT2D eigenvalue weighted by Gasteiger charge is 2.51. The average molecular weight is 379 g/mol. The van der Waals surface area contributed by atoms with Crippen molar-refractivity contribution in [2.45, 2.75) is 31.8 Å². The number of aromatic nitrogens is 1. The summed E-state index contributed by atoms with van der Waals surface area (Å²) < 4.78 is 0. The maximum atomic E-state index is 13.3. The molecule has 2 aliphatic rings. The van der Waals surface area contributed by atoms with Crippen molar-refractivity contribution in [3.05, 3.63) is 59.9 Å². The number of likely N-dealkylation sites (tertiary alicyclic amines) is 1. The second-order valence-electron chi connectivity index (χ2n) is 7.89. The van der Waals surface area contributed by atoms with Gasteiger partial charge < -0.3 is 5.11 Å². The number of Topliss-reactive ketones (excluding diaryl/α,β-unsaturated/α-hetero) is 1. The summed E-state index contributed by atoms with van der Waals surface area (Å²) >= 11 is 0. The zero-order valence-electron chi connectivity index (χ0n) is 16.0. The van der Waals surface area contributed by atoms with E-state index in [-0.39, 0.29) is 12.2 Å². The molecule has 28 heavy (non-hydrogen) atoms. The predicted octanol–water partition coefficient (Wildman–Crippen LogP) is 2.58. The molecule has 0 bridgehead atoms. The molecular weight excluding hydrogens is 354 g/mol. The minimum absolute atomic E-state index is 0.290. The topological polar surface area (TPSA) is 73.7 Å². The number of nitrogens with zero attached hydrogens (tertiary/aromatic N) is 3. The molecule has 2 aromatic rings. The Morgan fingerprint density at radius 1 is 1.21 bits per heavy atom. The molecule has 3 heterocycles. The van der Waals surface area contributed by atoms with Gasteiger partial charge in [0.15, 0.2) is 11.4 Å². The van der Waals surface area contributed by atoms with E-state index < -0.39 is 11.5 Å². The largest absolute Gasteiger partial charge is 0.375 e. The molecule has 6 heteroatoms. The van der Waals surface area contributed by atoms with Crippen molar-refractivity contribution in [2.75, 3.05) is 24.7 Å². The van der Waals surface area contributed by atoms with Crippen LogP contribution >= 0.6 is 0 Å². The first-order valence-corrected chi connectivity index (χ1v) is 9.78. The Hall–Kier alpha value is -2.57. The van der Waals surface area contributed by atoms with Crippen molar-refractivity contribution < 1.29 is 14.7 Å². The van der Waals surface area contributed by atoms with Crippen LogP contribution < -0.4 is 4.90 Å². The highest BCUT2D eigenvalue weighted by Crippen LogP contribution is 2.43. The Bertz CT molecular complexity index is 878. The lowest BCUT2D eigenvalue weighted by atomic mass is 9.88. The van der Waals surface area contributed by atoms with Gasteiger partial charge in [-0.3, -0.25) is 24.4 Å². The Morgan fingerprint density at radius 2 is 1.96 bits per heavy atom. The van der Waals surface area contributed by atoms with Crippen molar-refractivity contribution in [1.29, 1.82) is 0 Å². The number of benzene rings is 1. The summed E-state index contributed by atoms with van der Waals surface area (Å²) in [6.07, 6.45) is 4.97. The SMILES string of the molecule is CC1CCN(CN2C(=O)C(O)(CC(=O)c3cccnc3)c3ccccc32)CC1. The van der Waals surface area contributed by atoms with Crippen molar-refractivity contribution in [1.82, 2.24) is 9.88 Å². The van der Waals surface area contributed by atoms with E-state index >= 15 is 0 Å². The summed E-state index contributed by atoms with van der Waals surface area (Å²) in [5.74, 6) is -0.0242. The summed E-state index contributed by atoms with van der Waals surface area (Å²) in [7, 11) is 0. The zero-order chi connectivity index (χ0) is 19.7. The second-order valence-corrected chi connectivity index (χ2v) is 7.89. The highest BCUT2D eigenvalue weighted by molar-refractivity contribution is 6.10. The molecule has 6 nitrogen and oxygen atoms in total. The molecule has 1 N–H and O–H groups in total. The molecule has 1 saturated heterocycles. The third-order valence-electron chi connectivity index (χ3n) is 5.86. The fourth-order valence-corrected chi connectivity index (χ4v) is 4.08. The van der Waals surface area contributed by atoms with Crippen molar-refractivity contribution >= 4 is 17.4 Å². The molecule has 146 valence electrons. The quantitative estimate of drug-likeness (QED) is 0.809. The van der Waals surface area contributed by atoms with Gasteiger partial charge in [-0.25, -0.2) is 0 Å². The van der Waals surface area contributed by atoms with Crippen LogP contribution in [-0.4, -0.2) is 46.4 Å². The monoisotopic (exact) mass is 379 g/mol. The van der Waals surface area contributed by atoms with Crippen molar-refractivity contribution in [3.8, 4) is 0 Å². The number of para-hydroxylation sites is 1. The number of fused-ring (bicyclic) bond motifs is 1. The summed E-state index contributed by atoms with van der Waals surface area (Å²) in [6, 6.07) is 10.5. The van der Waals surface area contributed by atoms with Crippen LogP contribution in [0.1, 0.15) is 42.1 Å². The van der Waals surface area contributed by atoms with Gasteiger partial charge >= 0.3 is 0 Å². The van der Waals surface area contributed by atoms with Gasteiger partial charge in [0, 0.05) is 36.6 Å². The summed E-state index contributed by atoms with van der Waals surface area (Å²) in [5, 5.41) is 11.3. The Labute approximate surface area is 164 Å². The van der Waals surface area contributed by atoms with E-state index in [9.17, 15) is 14.7 Å². The first kappa shape index (κ1) is 18.8. The molecule has 1 unspecified atom stereocenters. The lowest BCUT2D eigenvalue weighted by molar-refractivity contribution is -0.136. The number of aliphatic hydroxyl groups is 1. The van der Waals surface area contributed by atoms with Crippen molar-refractivity contribution in [3.63, 3.8) is 0 Å². The van der Waals surface area contributed by atoms with Gasteiger partial charge in [0.25, 0.3) is 5.91 Å². The fraction of sp³-hybridized carbons (Fsp3) is 0.409. The second kappa shape index (κ2) is 7.45. The van der Waals surface area contributed by atoms with E-state index in [0.29, 0.717) is 29.4 Å². The average Bonchev–Trinajstić information content (AvgIpc) is 2.92. The van der Waals surface area contributed by atoms with Gasteiger partial charge in [-0.2, -0.15) is 0 Å². The van der Waals surface area contributed by atoms with E-state index in [4.69, 9.17) is 0 Å². The predicted molar refractivity (Wildman–Crippen MR) is 106 cm³/mol. The van der Waals surface area contributed by atoms with Crippen LogP contribution in [0.2, 0.25) is 0 Å². The molecular formula is C22H25N3O3. The summed E-state index contributed by atoms with van der Waals surface area (Å²) in [6.45, 7) is 4.54. The number of anilines is 1. The lowest BCUT2D eigenvalue weighted by Gasteiger charge is -2.34. The molecule has 1 amide bonds. The molecule has 0 saturated carbocycles. The van der Waals surface area contributed by atoms with Gasteiger partial charge in [-0.1, -0.05) is 25.1 Å². The lowest BCUT2D eigenvalue weighted by Crippen LogP contribution is -2.48. The standard InChI is InChI=1S/C22H25N3O3/c1-16-8-11-24(12-9-16)15-25-19-7-3-2-6-18(19)22(28,21(25)27)13-20(26)17-5-4-10-23-14-17/h2-7,10,14,16,28H,8-9,11-13,15H2,1H3. The number of piperidine rings is 1. The number of rotatable bonds is 5. The number of carbonyl (C=O) groups is 2. The van der Waals surface area contributed by atoms with Crippen LogP contribution in [0, 0.1) is 5.92 Å². The first-order valence-electron chi connectivity index (χ1n) is 9.78. The Morgan fingerprint density at radius 3 is 2.68 bits per heavy atom. The molecule has 1 aromatic heterocycles. The number of pyridine rings is 1. The summed E-state index contributed by atoms with van der Waals surface area (Å²) in [4.78, 5) is 33.8. The van der Waals surface area contributed by atoms with Gasteiger partial charge in [0.05, 0.1) is 18.8 Å². The molecule has 1 aromatic carbocycles. The normalized spacial score (nSPS) is 23.1. The first-order chi connectivity index (χ1) is 13.5. The molecule has 1 fully saturated rings. The van der Waals surface area contributed by atoms with Crippen LogP contribution in [0.15, 0.2) is 48.8 Å². The van der Waals surface area contributed by atoms with E-state index in [2.05, 4.69) is 16.8 Å². The number of hydrogen-bond donors (Lipinski definition) is 1. The maximum Gasteiger partial charge on any atom is 0.265 e. The van der Waals surface area contributed by atoms with Crippen LogP contribution in [-0.2, 0) is 10.4 Å². The molecule has 2 aliphatic heterocycles. The van der Waals surface area contributed by atoms with Gasteiger partial charge in [0.1, 0.15) is 0 Å². The highest BCUT2D eigenvalue weighted by atomic mass is 16.3. The molecule has 0 spiro atoms. The number of ketones is 1. The van der Waals surface area contributed by atoms with Crippen LogP contribution in [0.3, 0.4) is 0 Å². The molecule has 1 atom stereocenters. The third kappa shape index (κ3) is 3.34. The fourth-order valence-electron chi connectivity index (χ4n) is 4.08. The Balaban J connectivity index is 1.60. The molecule has 0 radical (unpaired) electrons. The van der Waals surface area contributed by atoms with Gasteiger partial charge in [-0.15, -0.1) is 0 Å². The maximum absolute atomic E-state index is 13.3. The van der Waals surface area contributed by atoms with Gasteiger partial charge in [-0.05, 0) is 37.0 Å². The summed E-state index contributed by atoms with van der Waals surface area (Å²) in [5.41, 5.74) is -0.257. The smallest absolute Gasteiger partial charge is 0.265 e. The number of carbonyl (C=O) groups excluding carboxylic acids is 2. The third-order valence-corrected chi connectivity index (χ3v) is 5.86. The minimum atomic E-state index is -1.84. The zero-order valence-corrected chi connectivity index (χ0v) is 16.0. The van der Waals surface area contributed by atoms with Crippen LogP contribution in [0.5, 0.6) is 0 Å². The van der Waals surface area contributed by atoms with Crippen LogP contribution in [0.25, 0.3) is 0 Å². The minimum Gasteiger partial charge on any atom is -0.375 e. The van der Waals surface area contributed by atoms with E-state index in [1.54, 1.807) is 35.4 Å². The Kier molecular flexibility index (Phi) is 5.00. The number of hydrogen-bond acceptors (Lipinski definition) is 5. The number of amides is 1. The van der Waals surface area contributed by atoms with Crippen LogP contribution in [0.4, 0.5) is 5.69 Å². The van der Waals surface area contributed by atoms with E-state index in [1.165, 1.54) is 6.20 Å². The van der Waals surface area contributed by atoms with Crippen molar-refractivity contribution in [2.24, 2.45) is 5.92 Å². The van der Waals surface area contributed by atoms with E-state index in [0.717, 1.165) is 25.9 Å².